The molecule has 0 saturated heterocycles. The van der Waals surface area contributed by atoms with E-state index in [1.54, 1.807) is 24.3 Å². The van der Waals surface area contributed by atoms with E-state index in [1.807, 2.05) is 18.2 Å². The first-order valence-corrected chi connectivity index (χ1v) is 6.14. The van der Waals surface area contributed by atoms with Gasteiger partial charge in [-0.05, 0) is 29.8 Å². The Morgan fingerprint density at radius 2 is 1.95 bits per heavy atom. The third kappa shape index (κ3) is 2.38. The van der Waals surface area contributed by atoms with E-state index >= 15 is 0 Å². The number of ether oxygens (including phenoxy) is 3. The molecule has 0 aliphatic carbocycles. The standard InChI is InChI=1S/C15H13NO4/c16-15(17)11-3-1-2-4-12(11)18-8-10-5-6-13-14(7-10)20-9-19-13/h1-7H,8-9H2,(H2,16,17). The summed E-state index contributed by atoms with van der Waals surface area (Å²) in [7, 11) is 0. The van der Waals surface area contributed by atoms with Crippen LogP contribution in [0.15, 0.2) is 42.5 Å². The van der Waals surface area contributed by atoms with E-state index in [-0.39, 0.29) is 6.79 Å². The van der Waals surface area contributed by atoms with Crippen LogP contribution >= 0.6 is 0 Å². The predicted molar refractivity (Wildman–Crippen MR) is 71.9 cm³/mol. The number of benzene rings is 2. The highest BCUT2D eigenvalue weighted by Crippen LogP contribution is 2.32. The average Bonchev–Trinajstić information content (AvgIpc) is 2.92. The third-order valence-corrected chi connectivity index (χ3v) is 2.98. The largest absolute Gasteiger partial charge is 0.488 e. The van der Waals surface area contributed by atoms with Gasteiger partial charge in [0.2, 0.25) is 6.79 Å². The maximum absolute atomic E-state index is 11.3. The lowest BCUT2D eigenvalue weighted by Gasteiger charge is -2.09. The Kier molecular flexibility index (Phi) is 3.16. The van der Waals surface area contributed by atoms with Crippen molar-refractivity contribution in [2.75, 3.05) is 6.79 Å². The van der Waals surface area contributed by atoms with Crippen molar-refractivity contribution in [1.82, 2.24) is 0 Å². The summed E-state index contributed by atoms with van der Waals surface area (Å²) in [6.07, 6.45) is 0. The molecule has 0 bridgehead atoms. The van der Waals surface area contributed by atoms with Crippen LogP contribution < -0.4 is 19.9 Å². The summed E-state index contributed by atoms with van der Waals surface area (Å²) in [5, 5.41) is 0. The molecule has 0 fully saturated rings. The first-order valence-electron chi connectivity index (χ1n) is 6.14. The molecule has 1 aliphatic heterocycles. The van der Waals surface area contributed by atoms with Crippen molar-refractivity contribution < 1.29 is 19.0 Å². The van der Waals surface area contributed by atoms with Gasteiger partial charge in [0.25, 0.3) is 5.91 Å². The molecule has 1 amide bonds. The molecule has 3 rings (SSSR count). The number of carbonyl (C=O) groups excluding carboxylic acids is 1. The maximum Gasteiger partial charge on any atom is 0.252 e. The number of para-hydroxylation sites is 1. The number of fused-ring (bicyclic) bond motifs is 1. The second-order valence-electron chi connectivity index (χ2n) is 4.34. The monoisotopic (exact) mass is 271 g/mol. The van der Waals surface area contributed by atoms with E-state index in [0.717, 1.165) is 11.3 Å². The van der Waals surface area contributed by atoms with Gasteiger partial charge < -0.3 is 19.9 Å². The summed E-state index contributed by atoms with van der Waals surface area (Å²) in [4.78, 5) is 11.3. The molecule has 0 atom stereocenters. The van der Waals surface area contributed by atoms with E-state index in [0.29, 0.717) is 23.7 Å². The Labute approximate surface area is 115 Å². The number of rotatable bonds is 4. The average molecular weight is 271 g/mol. The van der Waals surface area contributed by atoms with Crippen molar-refractivity contribution in [2.45, 2.75) is 6.61 Å². The maximum atomic E-state index is 11.3. The van der Waals surface area contributed by atoms with Crippen LogP contribution in [0.1, 0.15) is 15.9 Å². The Hall–Kier alpha value is -2.69. The van der Waals surface area contributed by atoms with Crippen molar-refractivity contribution in [3.63, 3.8) is 0 Å². The number of amides is 1. The van der Waals surface area contributed by atoms with Gasteiger partial charge in [-0.15, -0.1) is 0 Å². The zero-order chi connectivity index (χ0) is 13.9. The minimum absolute atomic E-state index is 0.240. The molecule has 2 N–H and O–H groups in total. The summed E-state index contributed by atoms with van der Waals surface area (Å²) in [5.41, 5.74) is 6.60. The second kappa shape index (κ2) is 5.13. The fourth-order valence-electron chi connectivity index (χ4n) is 1.99. The van der Waals surface area contributed by atoms with E-state index in [4.69, 9.17) is 19.9 Å². The highest BCUT2D eigenvalue weighted by molar-refractivity contribution is 5.95. The molecule has 5 nitrogen and oxygen atoms in total. The van der Waals surface area contributed by atoms with Crippen molar-refractivity contribution >= 4 is 5.91 Å². The first-order chi connectivity index (χ1) is 9.74. The van der Waals surface area contributed by atoms with Gasteiger partial charge in [0.05, 0.1) is 5.56 Å². The Morgan fingerprint density at radius 1 is 1.15 bits per heavy atom. The van der Waals surface area contributed by atoms with Crippen molar-refractivity contribution in [1.29, 1.82) is 0 Å². The smallest absolute Gasteiger partial charge is 0.252 e. The lowest BCUT2D eigenvalue weighted by molar-refractivity contribution is 0.0996. The highest BCUT2D eigenvalue weighted by atomic mass is 16.7. The van der Waals surface area contributed by atoms with Crippen LogP contribution in [0.2, 0.25) is 0 Å². The third-order valence-electron chi connectivity index (χ3n) is 2.98. The number of hydrogen-bond donors (Lipinski definition) is 1. The number of nitrogens with two attached hydrogens (primary N) is 1. The van der Waals surface area contributed by atoms with Crippen molar-refractivity contribution in [3.8, 4) is 17.2 Å². The van der Waals surface area contributed by atoms with Crippen LogP contribution in [0.3, 0.4) is 0 Å². The quantitative estimate of drug-likeness (QED) is 0.924. The fraction of sp³-hybridized carbons (Fsp3) is 0.133. The van der Waals surface area contributed by atoms with E-state index in [2.05, 4.69) is 0 Å². The summed E-state index contributed by atoms with van der Waals surface area (Å²) >= 11 is 0. The van der Waals surface area contributed by atoms with E-state index in [9.17, 15) is 4.79 Å². The van der Waals surface area contributed by atoms with Gasteiger partial charge in [-0.25, -0.2) is 0 Å². The van der Waals surface area contributed by atoms with Gasteiger partial charge in [-0.3, -0.25) is 4.79 Å². The van der Waals surface area contributed by atoms with Gasteiger partial charge in [-0.2, -0.15) is 0 Å². The van der Waals surface area contributed by atoms with Gasteiger partial charge in [-0.1, -0.05) is 18.2 Å². The van der Waals surface area contributed by atoms with Gasteiger partial charge in [0.1, 0.15) is 12.4 Å². The van der Waals surface area contributed by atoms with Gasteiger partial charge in [0.15, 0.2) is 11.5 Å². The van der Waals surface area contributed by atoms with Crippen molar-refractivity contribution in [3.05, 3.63) is 53.6 Å². The van der Waals surface area contributed by atoms with Crippen LogP contribution in [0.25, 0.3) is 0 Å². The molecule has 0 spiro atoms. The molecule has 102 valence electrons. The number of hydrogen-bond acceptors (Lipinski definition) is 4. The highest BCUT2D eigenvalue weighted by Gasteiger charge is 2.14. The minimum Gasteiger partial charge on any atom is -0.488 e. The molecule has 2 aromatic carbocycles. The molecule has 1 aliphatic rings. The topological polar surface area (TPSA) is 70.8 Å². The second-order valence-corrected chi connectivity index (χ2v) is 4.34. The summed E-state index contributed by atoms with van der Waals surface area (Å²) < 4.78 is 16.2. The molecule has 0 unspecified atom stereocenters. The SMILES string of the molecule is NC(=O)c1ccccc1OCc1ccc2c(c1)OCO2. The zero-order valence-electron chi connectivity index (χ0n) is 10.7. The van der Waals surface area contributed by atoms with Crippen LogP contribution in [-0.2, 0) is 6.61 Å². The fourth-order valence-corrected chi connectivity index (χ4v) is 1.99. The first kappa shape index (κ1) is 12.3. The Bertz CT molecular complexity index is 654. The van der Waals surface area contributed by atoms with Crippen LogP contribution in [-0.4, -0.2) is 12.7 Å². The zero-order valence-corrected chi connectivity index (χ0v) is 10.7. The molecular formula is C15H13NO4. The van der Waals surface area contributed by atoms with Crippen LogP contribution in [0, 0.1) is 0 Å². The molecule has 2 aromatic rings. The molecule has 20 heavy (non-hydrogen) atoms. The number of primary amides is 1. The molecule has 1 heterocycles. The number of carbonyl (C=O) groups is 1. The Balaban J connectivity index is 1.75. The molecule has 5 heteroatoms. The summed E-state index contributed by atoms with van der Waals surface area (Å²) in [6.45, 7) is 0.561. The summed E-state index contributed by atoms with van der Waals surface area (Å²) in [5.74, 6) is 1.39. The molecule has 0 radical (unpaired) electrons. The molecule has 0 aromatic heterocycles. The minimum atomic E-state index is -0.508. The molecular weight excluding hydrogens is 258 g/mol. The van der Waals surface area contributed by atoms with E-state index in [1.165, 1.54) is 0 Å². The lowest BCUT2D eigenvalue weighted by atomic mass is 10.2. The molecule has 0 saturated carbocycles. The Morgan fingerprint density at radius 3 is 2.80 bits per heavy atom. The van der Waals surface area contributed by atoms with Crippen LogP contribution in [0.4, 0.5) is 0 Å². The summed E-state index contributed by atoms with van der Waals surface area (Å²) in [6, 6.07) is 12.5. The lowest BCUT2D eigenvalue weighted by Crippen LogP contribution is -2.12. The van der Waals surface area contributed by atoms with Gasteiger partial charge in [0, 0.05) is 0 Å². The van der Waals surface area contributed by atoms with E-state index < -0.39 is 5.91 Å². The van der Waals surface area contributed by atoms with Crippen LogP contribution in [0.5, 0.6) is 17.2 Å². The van der Waals surface area contributed by atoms with Crippen molar-refractivity contribution in [2.24, 2.45) is 5.73 Å². The normalized spacial score (nSPS) is 12.2. The van der Waals surface area contributed by atoms with Gasteiger partial charge >= 0.3 is 0 Å². The predicted octanol–water partition coefficient (Wildman–Crippen LogP) is 2.09.